The van der Waals surface area contributed by atoms with Crippen molar-refractivity contribution in [2.24, 2.45) is 0 Å². The molecule has 0 amide bonds. The van der Waals surface area contributed by atoms with Gasteiger partial charge in [-0.1, -0.05) is 30.3 Å². The Morgan fingerprint density at radius 3 is 2.09 bits per heavy atom. The van der Waals surface area contributed by atoms with E-state index >= 15 is 0 Å². The first-order valence-electron chi connectivity index (χ1n) is 11.5. The lowest BCUT2D eigenvalue weighted by molar-refractivity contribution is -0.243. The van der Waals surface area contributed by atoms with E-state index in [-0.39, 0.29) is 24.4 Å². The summed E-state index contributed by atoms with van der Waals surface area (Å²) >= 11 is 0. The summed E-state index contributed by atoms with van der Waals surface area (Å²) in [4.78, 5) is 2.15. The normalized spacial score (nSPS) is 31.7. The Hall–Kier alpha value is -2.00. The number of para-hydroxylation sites is 1. The third-order valence-corrected chi connectivity index (χ3v) is 6.27. The van der Waals surface area contributed by atoms with Crippen molar-refractivity contribution in [1.82, 2.24) is 0 Å². The highest BCUT2D eigenvalue weighted by Crippen LogP contribution is 2.44. The summed E-state index contributed by atoms with van der Waals surface area (Å²) in [5, 5.41) is 0. The van der Waals surface area contributed by atoms with Crippen molar-refractivity contribution in [3.05, 3.63) is 60.2 Å². The standard InChI is InChI=1S/C26H33NO6/c1-25(2)30-21-20(29-24-23(22(21)31-25)32-26(3,4)33-24)16-28-15-17-11-13-19(14-12-17)27(5)18-9-7-6-8-10-18/h6-14,20-24H,15-16H2,1-5H3/t20-,21+,22+,23-,24-/m1/s1. The summed E-state index contributed by atoms with van der Waals surface area (Å²) in [7, 11) is 2.06. The second-order valence-electron chi connectivity index (χ2n) is 9.78. The average molecular weight is 456 g/mol. The van der Waals surface area contributed by atoms with Crippen LogP contribution < -0.4 is 4.90 Å². The molecule has 0 aliphatic carbocycles. The lowest BCUT2D eigenvalue weighted by atomic mass is 9.99. The molecule has 3 saturated heterocycles. The smallest absolute Gasteiger partial charge is 0.190 e. The van der Waals surface area contributed by atoms with E-state index in [4.69, 9.17) is 28.4 Å². The minimum absolute atomic E-state index is 0.262. The van der Waals surface area contributed by atoms with Gasteiger partial charge in [0, 0.05) is 18.4 Å². The second kappa shape index (κ2) is 8.65. The number of ether oxygens (including phenoxy) is 6. The van der Waals surface area contributed by atoms with Crippen molar-refractivity contribution in [1.29, 1.82) is 0 Å². The third kappa shape index (κ3) is 4.80. The van der Waals surface area contributed by atoms with Crippen molar-refractivity contribution in [2.45, 2.75) is 76.6 Å². The maximum Gasteiger partial charge on any atom is 0.190 e. The third-order valence-electron chi connectivity index (χ3n) is 6.27. The molecule has 2 aromatic carbocycles. The van der Waals surface area contributed by atoms with E-state index < -0.39 is 17.9 Å². The first-order chi connectivity index (χ1) is 15.7. The van der Waals surface area contributed by atoms with Crippen molar-refractivity contribution < 1.29 is 28.4 Å². The van der Waals surface area contributed by atoms with Crippen LogP contribution in [0.1, 0.15) is 33.3 Å². The van der Waals surface area contributed by atoms with Crippen LogP contribution in [0.4, 0.5) is 11.4 Å². The molecule has 5 rings (SSSR count). The molecule has 0 saturated carbocycles. The maximum atomic E-state index is 6.21. The van der Waals surface area contributed by atoms with Crippen LogP contribution >= 0.6 is 0 Å². The molecule has 7 heteroatoms. The van der Waals surface area contributed by atoms with Gasteiger partial charge >= 0.3 is 0 Å². The van der Waals surface area contributed by atoms with E-state index in [9.17, 15) is 0 Å². The maximum absolute atomic E-state index is 6.21. The predicted octanol–water partition coefficient (Wildman–Crippen LogP) is 4.37. The van der Waals surface area contributed by atoms with Crippen LogP contribution in [0, 0.1) is 0 Å². The Morgan fingerprint density at radius 2 is 1.36 bits per heavy atom. The molecular weight excluding hydrogens is 422 g/mol. The predicted molar refractivity (Wildman–Crippen MR) is 123 cm³/mol. The molecule has 3 heterocycles. The van der Waals surface area contributed by atoms with Crippen LogP contribution in [0.25, 0.3) is 0 Å². The van der Waals surface area contributed by atoms with Crippen molar-refractivity contribution in [3.63, 3.8) is 0 Å². The van der Waals surface area contributed by atoms with Gasteiger partial charge in [0.1, 0.15) is 24.4 Å². The van der Waals surface area contributed by atoms with Gasteiger partial charge in [0.15, 0.2) is 17.9 Å². The first kappa shape index (κ1) is 22.8. The van der Waals surface area contributed by atoms with Gasteiger partial charge in [-0.2, -0.15) is 0 Å². The van der Waals surface area contributed by atoms with Crippen LogP contribution in [-0.2, 0) is 35.0 Å². The van der Waals surface area contributed by atoms with Crippen LogP contribution in [0.2, 0.25) is 0 Å². The van der Waals surface area contributed by atoms with Gasteiger partial charge in [0.25, 0.3) is 0 Å². The molecule has 33 heavy (non-hydrogen) atoms. The molecule has 0 aromatic heterocycles. The average Bonchev–Trinajstić information content (AvgIpc) is 3.28. The number of rotatable bonds is 6. The van der Waals surface area contributed by atoms with Crippen molar-refractivity contribution in [2.75, 3.05) is 18.6 Å². The molecule has 0 N–H and O–H groups in total. The monoisotopic (exact) mass is 455 g/mol. The molecule has 3 fully saturated rings. The number of hydrogen-bond acceptors (Lipinski definition) is 7. The number of benzene rings is 2. The molecule has 3 aliphatic heterocycles. The van der Waals surface area contributed by atoms with Crippen LogP contribution in [0.3, 0.4) is 0 Å². The molecule has 0 bridgehead atoms. The summed E-state index contributed by atoms with van der Waals surface area (Å²) < 4.78 is 36.6. The number of nitrogens with zero attached hydrogens (tertiary/aromatic N) is 1. The van der Waals surface area contributed by atoms with Crippen molar-refractivity contribution >= 4 is 11.4 Å². The van der Waals surface area contributed by atoms with Gasteiger partial charge in [0.05, 0.1) is 13.2 Å². The van der Waals surface area contributed by atoms with Gasteiger partial charge in [-0.3, -0.25) is 0 Å². The number of fused-ring (bicyclic) bond motifs is 3. The Bertz CT molecular complexity index is 947. The van der Waals surface area contributed by atoms with E-state index in [1.807, 2.05) is 45.9 Å². The van der Waals surface area contributed by atoms with Gasteiger partial charge in [-0.15, -0.1) is 0 Å². The summed E-state index contributed by atoms with van der Waals surface area (Å²) in [5.41, 5.74) is 3.36. The number of hydrogen-bond donors (Lipinski definition) is 0. The van der Waals surface area contributed by atoms with Gasteiger partial charge in [0.2, 0.25) is 0 Å². The Labute approximate surface area is 195 Å². The highest BCUT2D eigenvalue weighted by Gasteiger charge is 2.60. The quantitative estimate of drug-likeness (QED) is 0.641. The van der Waals surface area contributed by atoms with Crippen molar-refractivity contribution in [3.8, 4) is 0 Å². The zero-order valence-corrected chi connectivity index (χ0v) is 19.9. The lowest BCUT2D eigenvalue weighted by Crippen LogP contribution is -2.56. The Balaban J connectivity index is 1.20. The molecule has 5 atom stereocenters. The molecule has 3 aliphatic rings. The van der Waals surface area contributed by atoms with Gasteiger partial charge in [-0.05, 0) is 57.5 Å². The van der Waals surface area contributed by atoms with Crippen LogP contribution in [0.5, 0.6) is 0 Å². The molecule has 178 valence electrons. The fraction of sp³-hybridized carbons (Fsp3) is 0.538. The minimum Gasteiger partial charge on any atom is -0.374 e. The summed E-state index contributed by atoms with van der Waals surface area (Å²) in [6.07, 6.45) is -1.67. The first-order valence-corrected chi connectivity index (χ1v) is 11.5. The van der Waals surface area contributed by atoms with Crippen LogP contribution in [-0.4, -0.2) is 55.9 Å². The zero-order chi connectivity index (χ0) is 23.2. The highest BCUT2D eigenvalue weighted by atomic mass is 16.9. The fourth-order valence-corrected chi connectivity index (χ4v) is 4.74. The molecule has 0 spiro atoms. The number of anilines is 2. The van der Waals surface area contributed by atoms with E-state index in [2.05, 4.69) is 48.3 Å². The van der Waals surface area contributed by atoms with E-state index in [0.29, 0.717) is 13.2 Å². The minimum atomic E-state index is -0.722. The summed E-state index contributed by atoms with van der Waals surface area (Å²) in [5.74, 6) is -1.43. The summed E-state index contributed by atoms with van der Waals surface area (Å²) in [6, 6.07) is 18.7. The van der Waals surface area contributed by atoms with Gasteiger partial charge < -0.3 is 33.3 Å². The Morgan fingerprint density at radius 1 is 0.758 bits per heavy atom. The molecule has 0 unspecified atom stereocenters. The molecular formula is C26H33NO6. The van der Waals surface area contributed by atoms with Crippen LogP contribution in [0.15, 0.2) is 54.6 Å². The Kier molecular flexibility index (Phi) is 5.97. The molecule has 2 aromatic rings. The zero-order valence-electron chi connectivity index (χ0n) is 19.9. The lowest BCUT2D eigenvalue weighted by Gasteiger charge is -2.37. The molecule has 0 radical (unpaired) electrons. The topological polar surface area (TPSA) is 58.6 Å². The largest absolute Gasteiger partial charge is 0.374 e. The van der Waals surface area contributed by atoms with E-state index in [0.717, 1.165) is 16.9 Å². The van der Waals surface area contributed by atoms with E-state index in [1.165, 1.54) is 0 Å². The SMILES string of the molecule is CN(c1ccccc1)c1ccc(COC[C@H]2O[C@@H]3OC(C)(C)O[C@@H]3[C@H]3OC(C)(C)O[C@H]32)cc1. The van der Waals surface area contributed by atoms with E-state index in [1.54, 1.807) is 0 Å². The highest BCUT2D eigenvalue weighted by molar-refractivity contribution is 5.62. The fourth-order valence-electron chi connectivity index (χ4n) is 4.74. The second-order valence-corrected chi connectivity index (χ2v) is 9.78. The summed E-state index contributed by atoms with van der Waals surface area (Å²) in [6.45, 7) is 8.44. The van der Waals surface area contributed by atoms with Gasteiger partial charge in [-0.25, -0.2) is 0 Å². The molecule has 7 nitrogen and oxygen atoms in total.